The van der Waals surface area contributed by atoms with Crippen molar-refractivity contribution in [3.63, 3.8) is 0 Å². The van der Waals surface area contributed by atoms with Gasteiger partial charge in [-0.2, -0.15) is 0 Å². The molecule has 1 saturated heterocycles. The Morgan fingerprint density at radius 2 is 2.13 bits per heavy atom. The molecule has 5 N–H and O–H groups in total. The zero-order chi connectivity index (χ0) is 17.5. The third kappa shape index (κ3) is 3.15. The zero-order valence-electron chi connectivity index (χ0n) is 12.8. The molecule has 0 saturated carbocycles. The van der Waals surface area contributed by atoms with Gasteiger partial charge in [-0.05, 0) is 20.3 Å². The predicted molar refractivity (Wildman–Crippen MR) is 84.0 cm³/mol. The van der Waals surface area contributed by atoms with Gasteiger partial charge in [0, 0.05) is 12.3 Å². The largest absolute Gasteiger partial charge is 0.512 e. The second-order valence-corrected chi connectivity index (χ2v) is 7.24. The van der Waals surface area contributed by atoms with E-state index >= 15 is 0 Å². The van der Waals surface area contributed by atoms with E-state index in [9.17, 15) is 19.8 Å². The van der Waals surface area contributed by atoms with Crippen LogP contribution in [0, 0.1) is 5.92 Å². The van der Waals surface area contributed by atoms with Gasteiger partial charge in [0.25, 0.3) is 0 Å². The van der Waals surface area contributed by atoms with Gasteiger partial charge in [0.05, 0.1) is 23.8 Å². The standard InChI is InChI=1S/C14H20Cl2N2O5/c1-5(17)11(21)18-10-8-6(19)3-4-7(20)9(8)12(22)23-14(10,2)13(15)16/h5-6,8,10,13,19-20H,3-4,17H2,1-2H3,(H,18,21). The SMILES string of the molecule is CC(N)C(=O)NC1C2C(=C(O)CCC2O)C(=O)OC1(C)C(Cl)Cl. The van der Waals surface area contributed by atoms with Crippen LogP contribution in [0.25, 0.3) is 0 Å². The molecule has 2 rings (SSSR count). The summed E-state index contributed by atoms with van der Waals surface area (Å²) in [5.41, 5.74) is 4.04. The Kier molecular flexibility index (Phi) is 5.15. The van der Waals surface area contributed by atoms with Gasteiger partial charge in [-0.25, -0.2) is 4.79 Å². The van der Waals surface area contributed by atoms with Gasteiger partial charge in [0.1, 0.15) is 10.6 Å². The molecular weight excluding hydrogens is 347 g/mol. The molecule has 7 nitrogen and oxygen atoms in total. The molecule has 0 radical (unpaired) electrons. The Morgan fingerprint density at radius 1 is 1.52 bits per heavy atom. The number of amides is 1. The number of carbonyl (C=O) groups is 2. The Balaban J connectivity index is 2.51. The van der Waals surface area contributed by atoms with Crippen molar-refractivity contribution in [2.75, 3.05) is 0 Å². The first kappa shape index (κ1) is 18.3. The monoisotopic (exact) mass is 366 g/mol. The van der Waals surface area contributed by atoms with Crippen LogP contribution in [0.3, 0.4) is 0 Å². The van der Waals surface area contributed by atoms with Crippen LogP contribution in [-0.2, 0) is 14.3 Å². The molecule has 1 amide bonds. The van der Waals surface area contributed by atoms with Gasteiger partial charge in [-0.1, -0.05) is 0 Å². The average Bonchev–Trinajstić information content (AvgIpc) is 2.45. The number of cyclic esters (lactones) is 1. The van der Waals surface area contributed by atoms with E-state index in [1.54, 1.807) is 0 Å². The number of esters is 1. The van der Waals surface area contributed by atoms with Crippen LogP contribution in [0.1, 0.15) is 26.7 Å². The lowest BCUT2D eigenvalue weighted by Gasteiger charge is -2.49. The number of carbonyl (C=O) groups excluding carboxylic acids is 2. The van der Waals surface area contributed by atoms with Gasteiger partial charge in [-0.15, -0.1) is 23.2 Å². The molecule has 5 atom stereocenters. The number of hydrogen-bond donors (Lipinski definition) is 4. The Bertz CT molecular complexity index is 551. The first-order chi connectivity index (χ1) is 10.6. The fourth-order valence-corrected chi connectivity index (χ4v) is 3.36. The number of ether oxygens (including phenoxy) is 1. The number of hydrogen-bond acceptors (Lipinski definition) is 6. The van der Waals surface area contributed by atoms with E-state index in [1.807, 2.05) is 0 Å². The maximum Gasteiger partial charge on any atom is 0.338 e. The first-order valence-electron chi connectivity index (χ1n) is 7.27. The van der Waals surface area contributed by atoms with Crippen LogP contribution in [0.2, 0.25) is 0 Å². The number of fused-ring (bicyclic) bond motifs is 1. The predicted octanol–water partition coefficient (Wildman–Crippen LogP) is 0.521. The van der Waals surface area contributed by atoms with Crippen LogP contribution in [0.5, 0.6) is 0 Å². The fraction of sp³-hybridized carbons (Fsp3) is 0.714. The maximum atomic E-state index is 12.3. The molecule has 0 aromatic rings. The fourth-order valence-electron chi connectivity index (χ4n) is 3.00. The Labute approximate surface area is 143 Å². The minimum atomic E-state index is -1.47. The van der Waals surface area contributed by atoms with Gasteiger partial charge < -0.3 is 26.0 Å². The molecule has 1 aliphatic carbocycles. The minimum absolute atomic E-state index is 0.0508. The smallest absolute Gasteiger partial charge is 0.338 e. The summed E-state index contributed by atoms with van der Waals surface area (Å²) in [5, 5.41) is 23.0. The molecule has 130 valence electrons. The van der Waals surface area contributed by atoms with Crippen molar-refractivity contribution in [3.8, 4) is 0 Å². The summed E-state index contributed by atoms with van der Waals surface area (Å²) >= 11 is 12.0. The van der Waals surface area contributed by atoms with Gasteiger partial charge in [0.15, 0.2) is 5.60 Å². The quantitative estimate of drug-likeness (QED) is 0.426. The van der Waals surface area contributed by atoms with E-state index in [0.29, 0.717) is 0 Å². The number of rotatable bonds is 3. The molecule has 0 spiro atoms. The molecule has 1 heterocycles. The molecule has 0 aromatic heterocycles. The Hall–Kier alpha value is -1.02. The lowest BCUT2D eigenvalue weighted by Crippen LogP contribution is -2.67. The van der Waals surface area contributed by atoms with Crippen LogP contribution in [0.4, 0.5) is 0 Å². The van der Waals surface area contributed by atoms with Crippen molar-refractivity contribution in [2.45, 2.75) is 55.3 Å². The summed E-state index contributed by atoms with van der Waals surface area (Å²) in [6, 6.07) is -1.74. The van der Waals surface area contributed by atoms with Crippen molar-refractivity contribution in [1.82, 2.24) is 5.32 Å². The number of allylic oxidation sites excluding steroid dienone is 1. The second-order valence-electron chi connectivity index (χ2n) is 6.14. The number of halogens is 2. The maximum absolute atomic E-state index is 12.3. The summed E-state index contributed by atoms with van der Waals surface area (Å²) < 4.78 is 5.33. The molecule has 23 heavy (non-hydrogen) atoms. The van der Waals surface area contributed by atoms with E-state index in [2.05, 4.69) is 5.32 Å². The average molecular weight is 367 g/mol. The summed E-state index contributed by atoms with van der Waals surface area (Å²) in [5.74, 6) is -2.35. The van der Waals surface area contributed by atoms with Gasteiger partial charge in [0.2, 0.25) is 5.91 Å². The summed E-state index contributed by atoms with van der Waals surface area (Å²) in [6.45, 7) is 2.96. The van der Waals surface area contributed by atoms with Crippen molar-refractivity contribution in [2.24, 2.45) is 11.7 Å². The van der Waals surface area contributed by atoms with E-state index in [0.717, 1.165) is 0 Å². The van der Waals surface area contributed by atoms with Crippen molar-refractivity contribution in [1.29, 1.82) is 0 Å². The molecule has 1 fully saturated rings. The number of nitrogens with one attached hydrogen (secondary N) is 1. The minimum Gasteiger partial charge on any atom is -0.512 e. The number of aliphatic hydroxyl groups is 2. The topological polar surface area (TPSA) is 122 Å². The molecular formula is C14H20Cl2N2O5. The third-order valence-electron chi connectivity index (χ3n) is 4.39. The van der Waals surface area contributed by atoms with Crippen LogP contribution in [0.15, 0.2) is 11.3 Å². The highest BCUT2D eigenvalue weighted by atomic mass is 35.5. The summed E-state index contributed by atoms with van der Waals surface area (Å²) in [4.78, 5) is 23.1. The highest BCUT2D eigenvalue weighted by Crippen LogP contribution is 2.44. The molecule has 2 aliphatic rings. The molecule has 0 bridgehead atoms. The second kappa shape index (κ2) is 6.47. The first-order valence-corrected chi connectivity index (χ1v) is 8.14. The number of aliphatic hydroxyl groups excluding tert-OH is 2. The number of alkyl halides is 2. The lowest BCUT2D eigenvalue weighted by atomic mass is 9.71. The lowest BCUT2D eigenvalue weighted by molar-refractivity contribution is -0.170. The molecule has 0 aromatic carbocycles. The highest BCUT2D eigenvalue weighted by molar-refractivity contribution is 6.45. The summed E-state index contributed by atoms with van der Waals surface area (Å²) in [7, 11) is 0. The summed E-state index contributed by atoms with van der Waals surface area (Å²) in [6.07, 6.45) is -0.570. The normalized spacial score (nSPS) is 35.6. The van der Waals surface area contributed by atoms with Crippen molar-refractivity contribution < 1.29 is 24.5 Å². The Morgan fingerprint density at radius 3 is 2.65 bits per heavy atom. The van der Waals surface area contributed by atoms with Gasteiger partial charge in [-0.3, -0.25) is 4.79 Å². The molecule has 1 aliphatic heterocycles. The van der Waals surface area contributed by atoms with E-state index < -0.39 is 46.4 Å². The van der Waals surface area contributed by atoms with E-state index in [-0.39, 0.29) is 24.2 Å². The van der Waals surface area contributed by atoms with Crippen molar-refractivity contribution >= 4 is 35.1 Å². The highest BCUT2D eigenvalue weighted by Gasteiger charge is 2.57. The van der Waals surface area contributed by atoms with E-state index in [4.69, 9.17) is 33.7 Å². The van der Waals surface area contributed by atoms with E-state index in [1.165, 1.54) is 13.8 Å². The van der Waals surface area contributed by atoms with Crippen LogP contribution in [-0.4, -0.2) is 50.7 Å². The molecule has 5 unspecified atom stereocenters. The van der Waals surface area contributed by atoms with Crippen LogP contribution < -0.4 is 11.1 Å². The van der Waals surface area contributed by atoms with Crippen molar-refractivity contribution in [3.05, 3.63) is 11.3 Å². The third-order valence-corrected chi connectivity index (χ3v) is 5.26. The van der Waals surface area contributed by atoms with Crippen LogP contribution >= 0.6 is 23.2 Å². The molecule has 9 heteroatoms. The number of nitrogens with two attached hydrogens (primary N) is 1. The zero-order valence-corrected chi connectivity index (χ0v) is 14.3. The van der Waals surface area contributed by atoms with Gasteiger partial charge >= 0.3 is 5.97 Å².